The van der Waals surface area contributed by atoms with E-state index >= 15 is 0 Å². The van der Waals surface area contributed by atoms with Crippen LogP contribution in [0.4, 0.5) is 5.69 Å². The van der Waals surface area contributed by atoms with Crippen LogP contribution in [0.2, 0.25) is 0 Å². The molecule has 1 fully saturated rings. The normalized spacial score (nSPS) is 16.1. The van der Waals surface area contributed by atoms with Gasteiger partial charge in [-0.25, -0.2) is 0 Å². The van der Waals surface area contributed by atoms with Gasteiger partial charge in [-0.1, -0.05) is 28.1 Å². The lowest BCUT2D eigenvalue weighted by Crippen LogP contribution is -2.45. The molecule has 1 aliphatic heterocycles. The van der Waals surface area contributed by atoms with E-state index in [4.69, 9.17) is 4.74 Å². The fraction of sp³-hybridized carbons (Fsp3) is 0.211. The molecule has 0 aliphatic carbocycles. The van der Waals surface area contributed by atoms with Crippen LogP contribution in [0, 0.1) is 5.92 Å². The van der Waals surface area contributed by atoms with Gasteiger partial charge in [0, 0.05) is 23.0 Å². The van der Waals surface area contributed by atoms with Crippen molar-refractivity contribution in [2.75, 3.05) is 18.6 Å². The van der Waals surface area contributed by atoms with Crippen LogP contribution < -0.4 is 20.5 Å². The molecule has 2 aromatic rings. The maximum absolute atomic E-state index is 12.4. The highest BCUT2D eigenvalue weighted by atomic mass is 79.9. The predicted molar refractivity (Wildman–Crippen MR) is 103 cm³/mol. The molecular weight excluding hydrogens is 414 g/mol. The first-order valence-electron chi connectivity index (χ1n) is 8.28. The van der Waals surface area contributed by atoms with Crippen LogP contribution in [0.15, 0.2) is 53.0 Å². The third-order valence-electron chi connectivity index (χ3n) is 4.28. The smallest absolute Gasteiger partial charge is 0.269 e. The van der Waals surface area contributed by atoms with Gasteiger partial charge < -0.3 is 9.64 Å². The zero-order valence-electron chi connectivity index (χ0n) is 14.6. The Labute approximate surface area is 164 Å². The molecule has 2 aromatic carbocycles. The van der Waals surface area contributed by atoms with Crippen molar-refractivity contribution in [2.24, 2.45) is 5.92 Å². The molecule has 2 N–H and O–H groups in total. The SMILES string of the molecule is COc1ccccc1N1C[C@H](C(=O)NNC(=O)c2ccc(Br)cc2)CC1=O. The van der Waals surface area contributed by atoms with Crippen LogP contribution in [-0.2, 0) is 9.59 Å². The number of hydrazine groups is 1. The van der Waals surface area contributed by atoms with E-state index in [-0.39, 0.29) is 18.9 Å². The van der Waals surface area contributed by atoms with Gasteiger partial charge in [-0.2, -0.15) is 0 Å². The summed E-state index contributed by atoms with van der Waals surface area (Å²) >= 11 is 3.30. The Morgan fingerprint density at radius 1 is 1.11 bits per heavy atom. The Morgan fingerprint density at radius 3 is 2.52 bits per heavy atom. The Kier molecular flexibility index (Phi) is 5.75. The molecule has 1 heterocycles. The van der Waals surface area contributed by atoms with Gasteiger partial charge in [0.15, 0.2) is 0 Å². The van der Waals surface area contributed by atoms with Crippen molar-refractivity contribution in [1.82, 2.24) is 10.9 Å². The van der Waals surface area contributed by atoms with Gasteiger partial charge in [-0.05, 0) is 36.4 Å². The highest BCUT2D eigenvalue weighted by Gasteiger charge is 2.36. The molecule has 1 saturated heterocycles. The number of halogens is 1. The summed E-state index contributed by atoms with van der Waals surface area (Å²) in [4.78, 5) is 38.3. The van der Waals surface area contributed by atoms with E-state index in [1.807, 2.05) is 6.07 Å². The Hall–Kier alpha value is -2.87. The second-order valence-corrected chi connectivity index (χ2v) is 6.94. The zero-order chi connectivity index (χ0) is 19.4. The van der Waals surface area contributed by atoms with Crippen molar-refractivity contribution in [3.05, 3.63) is 58.6 Å². The lowest BCUT2D eigenvalue weighted by atomic mass is 10.1. The number of para-hydroxylation sites is 2. The van der Waals surface area contributed by atoms with Crippen molar-refractivity contribution >= 4 is 39.3 Å². The zero-order valence-corrected chi connectivity index (χ0v) is 16.2. The fourth-order valence-electron chi connectivity index (χ4n) is 2.86. The van der Waals surface area contributed by atoms with Crippen LogP contribution in [-0.4, -0.2) is 31.4 Å². The quantitative estimate of drug-likeness (QED) is 0.726. The molecule has 27 heavy (non-hydrogen) atoms. The molecule has 0 unspecified atom stereocenters. The van der Waals surface area contributed by atoms with E-state index in [9.17, 15) is 14.4 Å². The molecule has 8 heteroatoms. The van der Waals surface area contributed by atoms with E-state index in [2.05, 4.69) is 26.8 Å². The molecular formula is C19H18BrN3O4. The third-order valence-corrected chi connectivity index (χ3v) is 4.81. The summed E-state index contributed by atoms with van der Waals surface area (Å²) in [6, 6.07) is 13.9. The Morgan fingerprint density at radius 2 is 1.81 bits per heavy atom. The van der Waals surface area contributed by atoms with E-state index in [1.54, 1.807) is 42.5 Å². The number of methoxy groups -OCH3 is 1. The number of rotatable bonds is 4. The topological polar surface area (TPSA) is 87.7 Å². The molecule has 0 saturated carbocycles. The number of carbonyl (C=O) groups excluding carboxylic acids is 3. The van der Waals surface area contributed by atoms with Crippen molar-refractivity contribution < 1.29 is 19.1 Å². The molecule has 0 bridgehead atoms. The van der Waals surface area contributed by atoms with Gasteiger partial charge in [-0.15, -0.1) is 0 Å². The van der Waals surface area contributed by atoms with Gasteiger partial charge in [-0.3, -0.25) is 25.2 Å². The second kappa shape index (κ2) is 8.22. The van der Waals surface area contributed by atoms with Crippen molar-refractivity contribution in [3.63, 3.8) is 0 Å². The average molecular weight is 432 g/mol. The largest absolute Gasteiger partial charge is 0.495 e. The minimum atomic E-state index is -0.562. The summed E-state index contributed by atoms with van der Waals surface area (Å²) in [5.41, 5.74) is 5.81. The number of anilines is 1. The van der Waals surface area contributed by atoms with Crippen LogP contribution in [0.25, 0.3) is 0 Å². The van der Waals surface area contributed by atoms with Gasteiger partial charge in [0.2, 0.25) is 11.8 Å². The van der Waals surface area contributed by atoms with Crippen LogP contribution in [0.3, 0.4) is 0 Å². The first-order chi connectivity index (χ1) is 13.0. The first kappa shape index (κ1) is 18.9. The van der Waals surface area contributed by atoms with Gasteiger partial charge >= 0.3 is 0 Å². The van der Waals surface area contributed by atoms with Crippen LogP contribution in [0.1, 0.15) is 16.8 Å². The monoisotopic (exact) mass is 431 g/mol. The first-order valence-corrected chi connectivity index (χ1v) is 9.08. The molecule has 3 rings (SSSR count). The number of nitrogens with one attached hydrogen (secondary N) is 2. The lowest BCUT2D eigenvalue weighted by Gasteiger charge is -2.19. The van der Waals surface area contributed by atoms with E-state index in [0.29, 0.717) is 17.0 Å². The van der Waals surface area contributed by atoms with Gasteiger partial charge in [0.25, 0.3) is 5.91 Å². The lowest BCUT2D eigenvalue weighted by molar-refractivity contribution is -0.126. The van der Waals surface area contributed by atoms with Crippen molar-refractivity contribution in [1.29, 1.82) is 0 Å². The second-order valence-electron chi connectivity index (χ2n) is 6.03. The molecule has 140 valence electrons. The fourth-order valence-corrected chi connectivity index (χ4v) is 3.13. The van der Waals surface area contributed by atoms with Crippen molar-refractivity contribution in [3.8, 4) is 5.75 Å². The van der Waals surface area contributed by atoms with Gasteiger partial charge in [0.1, 0.15) is 5.75 Å². The molecule has 0 aromatic heterocycles. The van der Waals surface area contributed by atoms with E-state index in [0.717, 1.165) is 4.47 Å². The number of nitrogens with zero attached hydrogens (tertiary/aromatic N) is 1. The number of hydrogen-bond acceptors (Lipinski definition) is 4. The van der Waals surface area contributed by atoms with E-state index < -0.39 is 17.7 Å². The third kappa shape index (κ3) is 4.28. The Bertz CT molecular complexity index is 870. The number of hydrogen-bond donors (Lipinski definition) is 2. The number of ether oxygens (including phenoxy) is 1. The highest BCUT2D eigenvalue weighted by Crippen LogP contribution is 2.32. The maximum atomic E-state index is 12.4. The number of benzene rings is 2. The van der Waals surface area contributed by atoms with Gasteiger partial charge in [0.05, 0.1) is 18.7 Å². The summed E-state index contributed by atoms with van der Waals surface area (Å²) in [6.45, 7) is 0.221. The number of amides is 3. The molecule has 0 spiro atoms. The highest BCUT2D eigenvalue weighted by molar-refractivity contribution is 9.10. The van der Waals surface area contributed by atoms with Crippen LogP contribution >= 0.6 is 15.9 Å². The summed E-state index contributed by atoms with van der Waals surface area (Å²) in [6.07, 6.45) is 0.0675. The van der Waals surface area contributed by atoms with E-state index in [1.165, 1.54) is 12.0 Å². The minimum Gasteiger partial charge on any atom is -0.495 e. The summed E-state index contributed by atoms with van der Waals surface area (Å²) in [7, 11) is 1.53. The molecule has 3 amide bonds. The number of carbonyl (C=O) groups is 3. The van der Waals surface area contributed by atoms with Crippen LogP contribution in [0.5, 0.6) is 5.75 Å². The average Bonchev–Trinajstić information content (AvgIpc) is 3.08. The minimum absolute atomic E-state index is 0.0675. The maximum Gasteiger partial charge on any atom is 0.269 e. The molecule has 7 nitrogen and oxygen atoms in total. The van der Waals surface area contributed by atoms with Crippen molar-refractivity contribution in [2.45, 2.75) is 6.42 Å². The molecule has 0 radical (unpaired) electrons. The Balaban J connectivity index is 1.60. The molecule has 1 aliphatic rings. The summed E-state index contributed by atoms with van der Waals surface area (Å²) < 4.78 is 6.13. The molecule has 1 atom stereocenters. The summed E-state index contributed by atoms with van der Waals surface area (Å²) in [5, 5.41) is 0. The predicted octanol–water partition coefficient (Wildman–Crippen LogP) is 2.27. The summed E-state index contributed by atoms with van der Waals surface area (Å²) in [5.74, 6) is -1.00. The standard InChI is InChI=1S/C19H18BrN3O4/c1-27-16-5-3-2-4-15(16)23-11-13(10-17(23)24)19(26)22-21-18(25)12-6-8-14(20)9-7-12/h2-9,13H,10-11H2,1H3,(H,21,25)(H,22,26)/t13-/m1/s1.